The lowest BCUT2D eigenvalue weighted by atomic mass is 9.48. The largest absolute Gasteiger partial charge is 0.466 e. The summed E-state index contributed by atoms with van der Waals surface area (Å²) in [5.74, 6) is 2.04. The molecule has 4 bridgehead atoms. The molecule has 156 valence electrons. The summed E-state index contributed by atoms with van der Waals surface area (Å²) in [6.45, 7) is 3.43. The number of rotatable bonds is 5. The van der Waals surface area contributed by atoms with Crippen molar-refractivity contribution in [1.82, 2.24) is 15.5 Å². The Balaban J connectivity index is 1.25. The summed E-state index contributed by atoms with van der Waals surface area (Å²) in [7, 11) is 0. The highest BCUT2D eigenvalue weighted by Crippen LogP contribution is 2.61. The van der Waals surface area contributed by atoms with Gasteiger partial charge in [-0.05, 0) is 87.7 Å². The van der Waals surface area contributed by atoms with E-state index in [0.717, 1.165) is 22.7 Å². The standard InChI is InChI=1S/C22H29N3O4/c1-13(22-9-14-6-15(10-22)8-16(7-14)11-22)23-18(26)12-25-19(27)21(2,24-20(25)28)17-4-3-5-29-17/h3-5,13-16H,6-12H2,1-2H3,(H,23,26)(H,24,28)/t13-,14?,15?,16?,21-,22?/m1/s1. The van der Waals surface area contributed by atoms with Gasteiger partial charge in [0.2, 0.25) is 5.91 Å². The van der Waals surface area contributed by atoms with Crippen LogP contribution in [0.5, 0.6) is 0 Å². The lowest BCUT2D eigenvalue weighted by Gasteiger charge is -2.59. The van der Waals surface area contributed by atoms with E-state index in [1.807, 2.05) is 0 Å². The van der Waals surface area contributed by atoms with Gasteiger partial charge in [0.25, 0.3) is 5.91 Å². The van der Waals surface area contributed by atoms with Crippen LogP contribution in [-0.2, 0) is 15.1 Å². The second-order valence-electron chi connectivity index (χ2n) is 9.99. The van der Waals surface area contributed by atoms with Crippen LogP contribution in [0.4, 0.5) is 4.79 Å². The Morgan fingerprint density at radius 2 is 1.86 bits per heavy atom. The van der Waals surface area contributed by atoms with E-state index >= 15 is 0 Å². The van der Waals surface area contributed by atoms with Crippen molar-refractivity contribution in [2.24, 2.45) is 23.2 Å². The number of nitrogens with zero attached hydrogens (tertiary/aromatic N) is 1. The number of amides is 4. The molecule has 1 saturated heterocycles. The zero-order valence-electron chi connectivity index (χ0n) is 17.1. The van der Waals surface area contributed by atoms with E-state index in [1.165, 1.54) is 44.8 Å². The molecule has 2 atom stereocenters. The fourth-order valence-corrected chi connectivity index (χ4v) is 6.86. The Morgan fingerprint density at radius 3 is 2.41 bits per heavy atom. The van der Waals surface area contributed by atoms with Crippen molar-refractivity contribution in [2.75, 3.05) is 6.54 Å². The number of hydrogen-bond donors (Lipinski definition) is 2. The number of furan rings is 1. The Labute approximate surface area is 170 Å². The molecule has 1 aliphatic heterocycles. The van der Waals surface area contributed by atoms with Crippen LogP contribution in [0.25, 0.3) is 0 Å². The van der Waals surface area contributed by atoms with E-state index in [4.69, 9.17) is 4.42 Å². The Kier molecular flexibility index (Phi) is 4.09. The normalized spacial score (nSPS) is 39.0. The first-order valence-electron chi connectivity index (χ1n) is 10.8. The van der Waals surface area contributed by atoms with Gasteiger partial charge in [-0.15, -0.1) is 0 Å². The first-order valence-corrected chi connectivity index (χ1v) is 10.8. The average Bonchev–Trinajstić information content (AvgIpc) is 3.25. The van der Waals surface area contributed by atoms with Crippen LogP contribution in [0.3, 0.4) is 0 Å². The van der Waals surface area contributed by atoms with Gasteiger partial charge < -0.3 is 15.1 Å². The molecule has 1 aromatic heterocycles. The zero-order chi connectivity index (χ0) is 20.4. The van der Waals surface area contributed by atoms with E-state index in [0.29, 0.717) is 5.76 Å². The molecule has 1 aromatic rings. The Bertz CT molecular complexity index is 813. The third-order valence-electron chi connectivity index (χ3n) is 7.97. The quantitative estimate of drug-likeness (QED) is 0.745. The van der Waals surface area contributed by atoms with E-state index in [1.54, 1.807) is 19.1 Å². The van der Waals surface area contributed by atoms with Gasteiger partial charge >= 0.3 is 6.03 Å². The second-order valence-corrected chi connectivity index (χ2v) is 9.99. The predicted octanol–water partition coefficient (Wildman–Crippen LogP) is 2.77. The molecular weight excluding hydrogens is 370 g/mol. The number of carbonyl (C=O) groups is 3. The number of carbonyl (C=O) groups excluding carboxylic acids is 3. The lowest BCUT2D eigenvalue weighted by Crippen LogP contribution is -2.57. The summed E-state index contributed by atoms with van der Waals surface area (Å²) in [5.41, 5.74) is -1.09. The number of imide groups is 1. The molecule has 4 saturated carbocycles. The minimum absolute atomic E-state index is 0.0561. The van der Waals surface area contributed by atoms with E-state index in [-0.39, 0.29) is 23.9 Å². The number of hydrogen-bond acceptors (Lipinski definition) is 4. The molecule has 0 aromatic carbocycles. The summed E-state index contributed by atoms with van der Waals surface area (Å²) in [6.07, 6.45) is 9.11. The molecule has 5 fully saturated rings. The van der Waals surface area contributed by atoms with Crippen molar-refractivity contribution in [3.63, 3.8) is 0 Å². The van der Waals surface area contributed by atoms with Crippen molar-refractivity contribution in [3.05, 3.63) is 24.2 Å². The number of nitrogens with one attached hydrogen (secondary N) is 2. The van der Waals surface area contributed by atoms with Crippen LogP contribution in [-0.4, -0.2) is 35.3 Å². The van der Waals surface area contributed by atoms with E-state index < -0.39 is 17.5 Å². The van der Waals surface area contributed by atoms with Crippen molar-refractivity contribution < 1.29 is 18.8 Å². The molecule has 6 rings (SSSR count). The van der Waals surface area contributed by atoms with Gasteiger partial charge in [0.15, 0.2) is 5.54 Å². The highest BCUT2D eigenvalue weighted by Gasteiger charge is 2.54. The van der Waals surface area contributed by atoms with Crippen molar-refractivity contribution in [1.29, 1.82) is 0 Å². The van der Waals surface area contributed by atoms with Gasteiger partial charge in [-0.25, -0.2) is 4.79 Å². The van der Waals surface area contributed by atoms with Crippen molar-refractivity contribution in [3.8, 4) is 0 Å². The molecule has 7 nitrogen and oxygen atoms in total. The highest BCUT2D eigenvalue weighted by molar-refractivity contribution is 6.08. The minimum atomic E-state index is -1.27. The summed E-state index contributed by atoms with van der Waals surface area (Å²) in [4.78, 5) is 39.1. The highest BCUT2D eigenvalue weighted by atomic mass is 16.3. The maximum absolute atomic E-state index is 12.9. The molecule has 29 heavy (non-hydrogen) atoms. The third kappa shape index (κ3) is 2.89. The molecule has 0 radical (unpaired) electrons. The Morgan fingerprint density at radius 1 is 1.24 bits per heavy atom. The molecule has 2 N–H and O–H groups in total. The molecule has 4 amide bonds. The first-order chi connectivity index (χ1) is 13.8. The minimum Gasteiger partial charge on any atom is -0.466 e. The molecule has 0 unspecified atom stereocenters. The fourth-order valence-electron chi connectivity index (χ4n) is 6.86. The molecule has 5 aliphatic rings. The van der Waals surface area contributed by atoms with E-state index in [2.05, 4.69) is 17.6 Å². The van der Waals surface area contributed by atoms with Gasteiger partial charge in [-0.2, -0.15) is 0 Å². The summed E-state index contributed by atoms with van der Waals surface area (Å²) in [6, 6.07) is 2.81. The monoisotopic (exact) mass is 399 g/mol. The van der Waals surface area contributed by atoms with Crippen molar-refractivity contribution in [2.45, 2.75) is 64.0 Å². The topological polar surface area (TPSA) is 91.7 Å². The van der Waals surface area contributed by atoms with Gasteiger partial charge in [0.1, 0.15) is 12.3 Å². The van der Waals surface area contributed by atoms with Crippen LogP contribution < -0.4 is 10.6 Å². The van der Waals surface area contributed by atoms with E-state index in [9.17, 15) is 14.4 Å². The molecular formula is C22H29N3O4. The maximum atomic E-state index is 12.9. The molecule has 4 aliphatic carbocycles. The fraction of sp³-hybridized carbons (Fsp3) is 0.682. The molecule has 2 heterocycles. The van der Waals surface area contributed by atoms with Crippen LogP contribution in [0.1, 0.15) is 58.1 Å². The Hall–Kier alpha value is -2.31. The smallest absolute Gasteiger partial charge is 0.325 e. The molecule has 7 heteroatoms. The van der Waals surface area contributed by atoms with Crippen LogP contribution in [0, 0.1) is 23.2 Å². The van der Waals surface area contributed by atoms with Crippen LogP contribution in [0.15, 0.2) is 22.8 Å². The maximum Gasteiger partial charge on any atom is 0.325 e. The van der Waals surface area contributed by atoms with Crippen LogP contribution in [0.2, 0.25) is 0 Å². The van der Waals surface area contributed by atoms with Gasteiger partial charge in [0.05, 0.1) is 6.26 Å². The number of urea groups is 1. The third-order valence-corrected chi connectivity index (χ3v) is 7.97. The lowest BCUT2D eigenvalue weighted by molar-refractivity contribution is -0.136. The van der Waals surface area contributed by atoms with Gasteiger partial charge in [-0.1, -0.05) is 0 Å². The van der Waals surface area contributed by atoms with Gasteiger partial charge in [0, 0.05) is 6.04 Å². The first kappa shape index (κ1) is 18.7. The summed E-state index contributed by atoms with van der Waals surface area (Å²) in [5, 5.41) is 5.79. The molecule has 0 spiro atoms. The zero-order valence-corrected chi connectivity index (χ0v) is 17.1. The van der Waals surface area contributed by atoms with Gasteiger partial charge in [-0.3, -0.25) is 14.5 Å². The SMILES string of the molecule is C[C@@H](NC(=O)CN1C(=O)N[C@](C)(c2ccco2)C1=O)C12CC3CC(CC(C3)C1)C2. The summed E-state index contributed by atoms with van der Waals surface area (Å²) >= 11 is 0. The summed E-state index contributed by atoms with van der Waals surface area (Å²) < 4.78 is 5.33. The van der Waals surface area contributed by atoms with Crippen LogP contribution >= 0.6 is 0 Å². The predicted molar refractivity (Wildman–Crippen MR) is 105 cm³/mol. The van der Waals surface area contributed by atoms with Crippen molar-refractivity contribution >= 4 is 17.8 Å². The average molecular weight is 399 g/mol. The second kappa shape index (κ2) is 6.34.